The van der Waals surface area contributed by atoms with Crippen LogP contribution < -0.4 is 5.56 Å². The molecule has 0 unspecified atom stereocenters. The molecule has 0 spiro atoms. The first kappa shape index (κ1) is 14.2. The van der Waals surface area contributed by atoms with Gasteiger partial charge in [-0.3, -0.25) is 4.79 Å². The highest BCUT2D eigenvalue weighted by Gasteiger charge is 2.06. The summed E-state index contributed by atoms with van der Waals surface area (Å²) in [7, 11) is 0. The number of nitrogens with zero attached hydrogens (tertiary/aromatic N) is 2. The molecule has 21 heavy (non-hydrogen) atoms. The van der Waals surface area contributed by atoms with Crippen LogP contribution in [0, 0.1) is 6.92 Å². The second-order valence-corrected chi connectivity index (χ2v) is 6.67. The predicted molar refractivity (Wildman–Crippen MR) is 89.8 cm³/mol. The third-order valence-electron chi connectivity index (χ3n) is 3.13. The monoisotopic (exact) mass is 360 g/mol. The molecule has 5 heteroatoms. The van der Waals surface area contributed by atoms with Crippen LogP contribution in [0.2, 0.25) is 0 Å². The molecular weight excluding hydrogens is 348 g/mol. The maximum atomic E-state index is 11.9. The molecule has 2 aromatic heterocycles. The van der Waals surface area contributed by atoms with Crippen LogP contribution in [-0.2, 0) is 6.54 Å². The molecule has 0 N–H and O–H groups in total. The quantitative estimate of drug-likeness (QED) is 0.704. The van der Waals surface area contributed by atoms with Crippen molar-refractivity contribution >= 4 is 27.3 Å². The van der Waals surface area contributed by atoms with Gasteiger partial charge in [-0.25, -0.2) is 4.98 Å². The number of benzene rings is 1. The number of rotatable bonds is 3. The Kier molecular flexibility index (Phi) is 4.03. The Morgan fingerprint density at radius 3 is 2.90 bits per heavy atom. The van der Waals surface area contributed by atoms with Crippen LogP contribution in [0.3, 0.4) is 0 Å². The minimum absolute atomic E-state index is 0.00852. The Bertz CT molecular complexity index is 838. The summed E-state index contributed by atoms with van der Waals surface area (Å²) >= 11 is 5.04. The number of aryl methyl sites for hydroxylation is 1. The zero-order valence-corrected chi connectivity index (χ0v) is 13.8. The van der Waals surface area contributed by atoms with Crippen molar-refractivity contribution in [2.45, 2.75) is 13.5 Å². The van der Waals surface area contributed by atoms with Gasteiger partial charge in [-0.05, 0) is 30.7 Å². The Hall–Kier alpha value is -1.72. The molecule has 0 atom stereocenters. The first-order chi connectivity index (χ1) is 10.1. The van der Waals surface area contributed by atoms with Gasteiger partial charge in [0, 0.05) is 27.7 Å². The average molecular weight is 361 g/mol. The van der Waals surface area contributed by atoms with Crippen molar-refractivity contribution in [3.05, 3.63) is 73.4 Å². The summed E-state index contributed by atoms with van der Waals surface area (Å²) in [6, 6.07) is 11.6. The number of hydrogen-bond acceptors (Lipinski definition) is 3. The molecule has 0 amide bonds. The lowest BCUT2D eigenvalue weighted by molar-refractivity contribution is 0.752. The summed E-state index contributed by atoms with van der Waals surface area (Å²) in [5, 5.41) is 2.95. The van der Waals surface area contributed by atoms with Crippen LogP contribution >= 0.6 is 27.3 Å². The maximum Gasteiger partial charge on any atom is 0.251 e. The Morgan fingerprint density at radius 1 is 1.29 bits per heavy atom. The molecule has 3 nitrogen and oxygen atoms in total. The van der Waals surface area contributed by atoms with Crippen molar-refractivity contribution in [1.29, 1.82) is 0 Å². The fourth-order valence-electron chi connectivity index (χ4n) is 2.05. The summed E-state index contributed by atoms with van der Waals surface area (Å²) in [6.45, 7) is 2.43. The van der Waals surface area contributed by atoms with Crippen LogP contribution in [0.25, 0.3) is 11.3 Å². The molecule has 0 aliphatic carbocycles. The minimum atomic E-state index is 0.00852. The van der Waals surface area contributed by atoms with E-state index in [0.717, 1.165) is 26.3 Å². The van der Waals surface area contributed by atoms with Gasteiger partial charge in [0.1, 0.15) is 5.01 Å². The summed E-state index contributed by atoms with van der Waals surface area (Å²) in [6.07, 6.45) is 1.82. The molecule has 0 radical (unpaired) electrons. The van der Waals surface area contributed by atoms with Gasteiger partial charge >= 0.3 is 0 Å². The molecule has 3 rings (SSSR count). The summed E-state index contributed by atoms with van der Waals surface area (Å²) in [5.74, 6) is 0. The van der Waals surface area contributed by atoms with Gasteiger partial charge in [-0.15, -0.1) is 11.3 Å². The number of pyridine rings is 1. The zero-order valence-electron chi connectivity index (χ0n) is 11.4. The molecule has 0 aliphatic heterocycles. The zero-order chi connectivity index (χ0) is 14.8. The fraction of sp³-hybridized carbons (Fsp3) is 0.125. The second-order valence-electron chi connectivity index (χ2n) is 4.81. The van der Waals surface area contributed by atoms with Crippen LogP contribution in [0.4, 0.5) is 0 Å². The van der Waals surface area contributed by atoms with Crippen molar-refractivity contribution in [3.8, 4) is 11.3 Å². The molecule has 106 valence electrons. The molecule has 0 bridgehead atoms. The van der Waals surface area contributed by atoms with Crippen molar-refractivity contribution in [2.24, 2.45) is 0 Å². The molecule has 0 saturated carbocycles. The highest BCUT2D eigenvalue weighted by Crippen LogP contribution is 2.24. The van der Waals surface area contributed by atoms with Gasteiger partial charge in [-0.2, -0.15) is 0 Å². The number of hydrogen-bond donors (Lipinski definition) is 0. The second kappa shape index (κ2) is 5.95. The highest BCUT2D eigenvalue weighted by molar-refractivity contribution is 9.10. The van der Waals surface area contributed by atoms with E-state index in [1.165, 1.54) is 0 Å². The lowest BCUT2D eigenvalue weighted by Gasteiger charge is -2.03. The van der Waals surface area contributed by atoms with Crippen LogP contribution in [0.5, 0.6) is 0 Å². The number of halogens is 1. The van der Waals surface area contributed by atoms with Gasteiger partial charge in [0.05, 0.1) is 12.2 Å². The van der Waals surface area contributed by atoms with Crippen LogP contribution in [-0.4, -0.2) is 9.55 Å². The first-order valence-electron chi connectivity index (χ1n) is 6.49. The van der Waals surface area contributed by atoms with E-state index in [2.05, 4.69) is 20.9 Å². The van der Waals surface area contributed by atoms with Crippen LogP contribution in [0.15, 0.2) is 57.2 Å². The molecule has 0 fully saturated rings. The average Bonchev–Trinajstić information content (AvgIpc) is 2.91. The van der Waals surface area contributed by atoms with E-state index in [9.17, 15) is 4.79 Å². The lowest BCUT2D eigenvalue weighted by Crippen LogP contribution is -2.19. The van der Waals surface area contributed by atoms with Crippen molar-refractivity contribution in [2.75, 3.05) is 0 Å². The predicted octanol–water partition coefficient (Wildman–Crippen LogP) is 4.09. The Balaban J connectivity index is 1.87. The van der Waals surface area contributed by atoms with E-state index in [1.54, 1.807) is 22.0 Å². The molecular formula is C16H13BrN2OS. The van der Waals surface area contributed by atoms with E-state index >= 15 is 0 Å². The molecule has 2 heterocycles. The summed E-state index contributed by atoms with van der Waals surface area (Å²) < 4.78 is 2.71. The summed E-state index contributed by atoms with van der Waals surface area (Å²) in [5.41, 5.74) is 3.00. The van der Waals surface area contributed by atoms with Gasteiger partial charge in [0.2, 0.25) is 0 Å². The topological polar surface area (TPSA) is 34.9 Å². The van der Waals surface area contributed by atoms with Gasteiger partial charge in [0.15, 0.2) is 0 Å². The molecule has 3 aromatic rings. The fourth-order valence-corrected chi connectivity index (χ4v) is 3.25. The highest BCUT2D eigenvalue weighted by atomic mass is 79.9. The van der Waals surface area contributed by atoms with E-state index in [4.69, 9.17) is 0 Å². The molecule has 1 aromatic carbocycles. The number of thiazole rings is 1. The maximum absolute atomic E-state index is 11.9. The minimum Gasteiger partial charge on any atom is -0.309 e. The van der Waals surface area contributed by atoms with Crippen molar-refractivity contribution < 1.29 is 0 Å². The van der Waals surface area contributed by atoms with Gasteiger partial charge in [0.25, 0.3) is 5.56 Å². The number of aromatic nitrogens is 2. The van der Waals surface area contributed by atoms with Gasteiger partial charge < -0.3 is 4.57 Å². The SMILES string of the molecule is Cc1ccn(Cc2nc(-c3cccc(Br)c3)cs2)c(=O)c1. The third-order valence-corrected chi connectivity index (χ3v) is 4.46. The Labute approximate surface area is 135 Å². The van der Waals surface area contributed by atoms with E-state index in [1.807, 2.05) is 48.8 Å². The van der Waals surface area contributed by atoms with E-state index in [-0.39, 0.29) is 5.56 Å². The van der Waals surface area contributed by atoms with E-state index < -0.39 is 0 Å². The first-order valence-corrected chi connectivity index (χ1v) is 8.16. The van der Waals surface area contributed by atoms with Crippen molar-refractivity contribution in [1.82, 2.24) is 9.55 Å². The van der Waals surface area contributed by atoms with Crippen LogP contribution in [0.1, 0.15) is 10.6 Å². The van der Waals surface area contributed by atoms with E-state index in [0.29, 0.717) is 6.54 Å². The molecule has 0 saturated heterocycles. The standard InChI is InChI=1S/C16H13BrN2OS/c1-11-5-6-19(16(20)7-11)9-15-18-14(10-21-15)12-3-2-4-13(17)8-12/h2-8,10H,9H2,1H3. The Morgan fingerprint density at radius 2 is 2.14 bits per heavy atom. The normalized spacial score (nSPS) is 10.8. The summed E-state index contributed by atoms with van der Waals surface area (Å²) in [4.78, 5) is 16.5. The molecule has 0 aliphatic rings. The largest absolute Gasteiger partial charge is 0.309 e. The smallest absolute Gasteiger partial charge is 0.251 e. The lowest BCUT2D eigenvalue weighted by atomic mass is 10.2. The third kappa shape index (κ3) is 3.31. The van der Waals surface area contributed by atoms with Gasteiger partial charge in [-0.1, -0.05) is 28.1 Å². The van der Waals surface area contributed by atoms with Crippen molar-refractivity contribution in [3.63, 3.8) is 0 Å².